The maximum Gasteiger partial charge on any atom is 0.224 e. The van der Waals surface area contributed by atoms with Gasteiger partial charge in [0.05, 0.1) is 5.92 Å². The normalized spacial score (nSPS) is 31.6. The highest BCUT2D eigenvalue weighted by atomic mass is 16.1. The number of carbonyl (C=O) groups is 1. The van der Waals surface area contributed by atoms with Crippen LogP contribution in [-0.4, -0.2) is 18.5 Å². The SMILES string of the molecule is CC(CNC(=O)C1CCCCCC1N)C1CC1. The Labute approximate surface area is 105 Å². The van der Waals surface area contributed by atoms with Crippen LogP contribution in [0.2, 0.25) is 0 Å². The van der Waals surface area contributed by atoms with Crippen molar-refractivity contribution >= 4 is 5.91 Å². The van der Waals surface area contributed by atoms with Crippen LogP contribution in [-0.2, 0) is 4.79 Å². The van der Waals surface area contributed by atoms with Crippen molar-refractivity contribution in [2.24, 2.45) is 23.5 Å². The summed E-state index contributed by atoms with van der Waals surface area (Å²) in [6, 6.07) is 0.0775. The van der Waals surface area contributed by atoms with E-state index in [0.717, 1.165) is 31.7 Å². The molecule has 0 heterocycles. The first kappa shape index (κ1) is 12.9. The summed E-state index contributed by atoms with van der Waals surface area (Å²) in [7, 11) is 0. The van der Waals surface area contributed by atoms with E-state index >= 15 is 0 Å². The van der Waals surface area contributed by atoms with Crippen LogP contribution in [0.5, 0.6) is 0 Å². The molecule has 3 atom stereocenters. The maximum atomic E-state index is 12.1. The van der Waals surface area contributed by atoms with Crippen LogP contribution in [0.25, 0.3) is 0 Å². The Hall–Kier alpha value is -0.570. The van der Waals surface area contributed by atoms with E-state index < -0.39 is 0 Å². The fourth-order valence-corrected chi connectivity index (χ4v) is 2.89. The van der Waals surface area contributed by atoms with E-state index in [4.69, 9.17) is 5.73 Å². The van der Waals surface area contributed by atoms with E-state index in [1.165, 1.54) is 25.7 Å². The molecule has 3 unspecified atom stereocenters. The zero-order valence-corrected chi connectivity index (χ0v) is 11.0. The van der Waals surface area contributed by atoms with Gasteiger partial charge in [0.15, 0.2) is 0 Å². The highest BCUT2D eigenvalue weighted by Gasteiger charge is 2.30. The Kier molecular flexibility index (Phi) is 4.43. The summed E-state index contributed by atoms with van der Waals surface area (Å²) in [4.78, 5) is 12.1. The third kappa shape index (κ3) is 3.70. The van der Waals surface area contributed by atoms with Crippen molar-refractivity contribution in [1.29, 1.82) is 0 Å². The molecule has 0 bridgehead atoms. The number of amides is 1. The van der Waals surface area contributed by atoms with Gasteiger partial charge in [0, 0.05) is 12.6 Å². The average Bonchev–Trinajstić information content (AvgIpc) is 3.12. The smallest absolute Gasteiger partial charge is 0.224 e. The predicted molar refractivity (Wildman–Crippen MR) is 69.4 cm³/mol. The van der Waals surface area contributed by atoms with Crippen molar-refractivity contribution in [2.75, 3.05) is 6.54 Å². The molecule has 0 saturated heterocycles. The molecule has 0 aliphatic heterocycles. The molecular weight excluding hydrogens is 212 g/mol. The molecule has 1 amide bonds. The van der Waals surface area contributed by atoms with Gasteiger partial charge in [0.2, 0.25) is 5.91 Å². The van der Waals surface area contributed by atoms with Gasteiger partial charge in [-0.15, -0.1) is 0 Å². The molecule has 0 radical (unpaired) electrons. The molecule has 2 fully saturated rings. The van der Waals surface area contributed by atoms with Crippen molar-refractivity contribution in [3.8, 4) is 0 Å². The molecule has 3 nitrogen and oxygen atoms in total. The minimum Gasteiger partial charge on any atom is -0.356 e. The molecule has 0 spiro atoms. The quantitative estimate of drug-likeness (QED) is 0.737. The molecule has 2 aliphatic carbocycles. The van der Waals surface area contributed by atoms with Gasteiger partial charge < -0.3 is 11.1 Å². The number of carbonyl (C=O) groups excluding carboxylic acids is 1. The summed E-state index contributed by atoms with van der Waals surface area (Å²) >= 11 is 0. The van der Waals surface area contributed by atoms with Gasteiger partial charge in [0.1, 0.15) is 0 Å². The summed E-state index contributed by atoms with van der Waals surface area (Å²) in [6.45, 7) is 3.08. The molecule has 2 saturated carbocycles. The van der Waals surface area contributed by atoms with Gasteiger partial charge in [-0.3, -0.25) is 4.79 Å². The van der Waals surface area contributed by atoms with E-state index in [2.05, 4.69) is 12.2 Å². The van der Waals surface area contributed by atoms with Gasteiger partial charge in [0.25, 0.3) is 0 Å². The van der Waals surface area contributed by atoms with Gasteiger partial charge >= 0.3 is 0 Å². The van der Waals surface area contributed by atoms with Crippen LogP contribution in [0.15, 0.2) is 0 Å². The number of hydrogen-bond donors (Lipinski definition) is 2. The highest BCUT2D eigenvalue weighted by molar-refractivity contribution is 5.79. The Morgan fingerprint density at radius 1 is 1.24 bits per heavy atom. The second kappa shape index (κ2) is 5.85. The first-order chi connectivity index (χ1) is 8.18. The molecule has 2 rings (SSSR count). The predicted octanol–water partition coefficient (Wildman–Crippen LogP) is 2.06. The van der Waals surface area contributed by atoms with Crippen molar-refractivity contribution in [3.05, 3.63) is 0 Å². The maximum absolute atomic E-state index is 12.1. The number of hydrogen-bond acceptors (Lipinski definition) is 2. The van der Waals surface area contributed by atoms with Crippen LogP contribution in [0.1, 0.15) is 51.9 Å². The van der Waals surface area contributed by atoms with Crippen molar-refractivity contribution < 1.29 is 4.79 Å². The first-order valence-corrected chi connectivity index (χ1v) is 7.21. The standard InChI is InChI=1S/C14H26N2O/c1-10(11-7-8-11)9-16-14(17)12-5-3-2-4-6-13(12)15/h10-13H,2-9,15H2,1H3,(H,16,17). The minimum absolute atomic E-state index is 0.0592. The van der Waals surface area contributed by atoms with Crippen LogP contribution in [0.3, 0.4) is 0 Å². The van der Waals surface area contributed by atoms with E-state index in [9.17, 15) is 4.79 Å². The lowest BCUT2D eigenvalue weighted by atomic mass is 9.94. The lowest BCUT2D eigenvalue weighted by Crippen LogP contribution is -2.42. The Balaban J connectivity index is 1.76. The molecule has 3 N–H and O–H groups in total. The van der Waals surface area contributed by atoms with E-state index in [1.54, 1.807) is 0 Å². The summed E-state index contributed by atoms with van der Waals surface area (Å²) in [5.41, 5.74) is 6.10. The summed E-state index contributed by atoms with van der Waals surface area (Å²) < 4.78 is 0. The lowest BCUT2D eigenvalue weighted by Gasteiger charge is -2.21. The molecule has 3 heteroatoms. The average molecular weight is 238 g/mol. The van der Waals surface area contributed by atoms with Crippen LogP contribution in [0.4, 0.5) is 0 Å². The Bertz CT molecular complexity index is 263. The molecule has 0 aromatic carbocycles. The van der Waals surface area contributed by atoms with Crippen LogP contribution in [0, 0.1) is 17.8 Å². The monoisotopic (exact) mass is 238 g/mol. The second-order valence-electron chi connectivity index (χ2n) is 5.97. The summed E-state index contributed by atoms with van der Waals surface area (Å²) in [5.74, 6) is 1.76. The number of nitrogens with one attached hydrogen (secondary N) is 1. The van der Waals surface area contributed by atoms with Crippen molar-refractivity contribution in [2.45, 2.75) is 57.9 Å². The Morgan fingerprint density at radius 3 is 2.65 bits per heavy atom. The first-order valence-electron chi connectivity index (χ1n) is 7.21. The van der Waals surface area contributed by atoms with Gasteiger partial charge in [-0.25, -0.2) is 0 Å². The third-order valence-corrected chi connectivity index (χ3v) is 4.43. The van der Waals surface area contributed by atoms with E-state index in [-0.39, 0.29) is 17.9 Å². The minimum atomic E-state index is 0.0592. The van der Waals surface area contributed by atoms with Crippen molar-refractivity contribution in [3.63, 3.8) is 0 Å². The third-order valence-electron chi connectivity index (χ3n) is 4.43. The van der Waals surface area contributed by atoms with Crippen LogP contribution < -0.4 is 11.1 Å². The molecule has 98 valence electrons. The van der Waals surface area contributed by atoms with E-state index in [1.807, 2.05) is 0 Å². The lowest BCUT2D eigenvalue weighted by molar-refractivity contribution is -0.126. The second-order valence-corrected chi connectivity index (χ2v) is 5.97. The van der Waals surface area contributed by atoms with Gasteiger partial charge in [-0.1, -0.05) is 26.2 Å². The van der Waals surface area contributed by atoms with Crippen molar-refractivity contribution in [1.82, 2.24) is 5.32 Å². The molecule has 0 aromatic heterocycles. The molecule has 17 heavy (non-hydrogen) atoms. The fourth-order valence-electron chi connectivity index (χ4n) is 2.89. The largest absolute Gasteiger partial charge is 0.356 e. The number of nitrogens with two attached hydrogens (primary N) is 1. The fraction of sp³-hybridized carbons (Fsp3) is 0.929. The summed E-state index contributed by atoms with van der Waals surface area (Å²) in [5, 5.41) is 3.11. The highest BCUT2D eigenvalue weighted by Crippen LogP contribution is 2.36. The van der Waals surface area contributed by atoms with Crippen LogP contribution >= 0.6 is 0 Å². The Morgan fingerprint density at radius 2 is 1.94 bits per heavy atom. The topological polar surface area (TPSA) is 55.1 Å². The molecular formula is C14H26N2O. The summed E-state index contributed by atoms with van der Waals surface area (Å²) in [6.07, 6.45) is 8.25. The van der Waals surface area contributed by atoms with E-state index in [0.29, 0.717) is 5.92 Å². The van der Waals surface area contributed by atoms with Gasteiger partial charge in [-0.2, -0.15) is 0 Å². The zero-order valence-electron chi connectivity index (χ0n) is 11.0. The zero-order chi connectivity index (χ0) is 12.3. The molecule has 0 aromatic rings. The molecule has 2 aliphatic rings. The van der Waals surface area contributed by atoms with Gasteiger partial charge in [-0.05, 0) is 37.5 Å². The number of rotatable bonds is 4.